The van der Waals surface area contributed by atoms with Gasteiger partial charge in [-0.15, -0.1) is 10.2 Å². The van der Waals surface area contributed by atoms with Crippen molar-refractivity contribution in [3.05, 3.63) is 41.7 Å². The van der Waals surface area contributed by atoms with E-state index in [-0.39, 0.29) is 0 Å². The van der Waals surface area contributed by atoms with Gasteiger partial charge in [-0.3, -0.25) is 0 Å². The Morgan fingerprint density at radius 3 is 2.67 bits per heavy atom. The molecule has 0 bridgehead atoms. The van der Waals surface area contributed by atoms with Crippen molar-refractivity contribution in [1.29, 1.82) is 0 Å². The van der Waals surface area contributed by atoms with Gasteiger partial charge in [-0.1, -0.05) is 48.4 Å². The fourth-order valence-corrected chi connectivity index (χ4v) is 1.93. The standard InChI is InChI=1S/C13H18N4O/c18-12(13-14-16-17-15-13)10-6-2-5-9-11-7-3-1-4-8-11/h1,3-4,7-8,12,18H,2,5-6,9-10H2,(H,14,15,16,17). The van der Waals surface area contributed by atoms with Gasteiger partial charge in [0, 0.05) is 0 Å². The van der Waals surface area contributed by atoms with Gasteiger partial charge in [-0.2, -0.15) is 5.21 Å². The SMILES string of the molecule is OC(CCCCCc1ccccc1)c1nn[nH]n1. The predicted octanol–water partition coefficient (Wildman–Crippen LogP) is 2.04. The first-order valence-corrected chi connectivity index (χ1v) is 6.31. The van der Waals surface area contributed by atoms with Crippen LogP contribution in [0, 0.1) is 0 Å². The van der Waals surface area contributed by atoms with Crippen LogP contribution in [0.3, 0.4) is 0 Å². The number of aliphatic hydroxyl groups is 1. The molecule has 0 aliphatic heterocycles. The summed E-state index contributed by atoms with van der Waals surface area (Å²) in [5.74, 6) is 0.387. The molecule has 2 N–H and O–H groups in total. The number of nitrogens with one attached hydrogen (secondary N) is 1. The van der Waals surface area contributed by atoms with Crippen LogP contribution in [-0.2, 0) is 6.42 Å². The summed E-state index contributed by atoms with van der Waals surface area (Å²) >= 11 is 0. The Hall–Kier alpha value is -1.75. The third-order valence-corrected chi connectivity index (χ3v) is 2.95. The molecular formula is C13H18N4O. The lowest BCUT2D eigenvalue weighted by atomic mass is 10.0. The van der Waals surface area contributed by atoms with E-state index in [9.17, 15) is 5.11 Å². The van der Waals surface area contributed by atoms with E-state index < -0.39 is 6.10 Å². The lowest BCUT2D eigenvalue weighted by Crippen LogP contribution is -2.00. The van der Waals surface area contributed by atoms with E-state index >= 15 is 0 Å². The fourth-order valence-electron chi connectivity index (χ4n) is 1.93. The molecule has 0 spiro atoms. The summed E-state index contributed by atoms with van der Waals surface area (Å²) in [7, 11) is 0. The van der Waals surface area contributed by atoms with Crippen LogP contribution >= 0.6 is 0 Å². The zero-order chi connectivity index (χ0) is 12.6. The molecule has 0 aliphatic rings. The molecule has 5 nitrogen and oxygen atoms in total. The van der Waals surface area contributed by atoms with Crippen LogP contribution in [0.2, 0.25) is 0 Å². The quantitative estimate of drug-likeness (QED) is 0.733. The number of tetrazole rings is 1. The lowest BCUT2D eigenvalue weighted by molar-refractivity contribution is 0.154. The highest BCUT2D eigenvalue weighted by molar-refractivity contribution is 5.14. The molecule has 2 aromatic rings. The second-order valence-corrected chi connectivity index (χ2v) is 4.37. The number of benzene rings is 1. The minimum atomic E-state index is -0.597. The predicted molar refractivity (Wildman–Crippen MR) is 67.8 cm³/mol. The Bertz CT molecular complexity index is 430. The summed E-state index contributed by atoms with van der Waals surface area (Å²) in [6, 6.07) is 10.5. The lowest BCUT2D eigenvalue weighted by Gasteiger charge is -2.05. The first-order chi connectivity index (χ1) is 8.86. The van der Waals surface area contributed by atoms with E-state index in [4.69, 9.17) is 0 Å². The van der Waals surface area contributed by atoms with Crippen LogP contribution in [-0.4, -0.2) is 25.7 Å². The van der Waals surface area contributed by atoms with E-state index in [0.29, 0.717) is 12.2 Å². The fraction of sp³-hybridized carbons (Fsp3) is 0.462. The average Bonchev–Trinajstić information content (AvgIpc) is 2.93. The van der Waals surface area contributed by atoms with Crippen molar-refractivity contribution in [3.8, 4) is 0 Å². The highest BCUT2D eigenvalue weighted by atomic mass is 16.3. The second-order valence-electron chi connectivity index (χ2n) is 4.37. The number of unbranched alkanes of at least 4 members (excludes halogenated alkanes) is 2. The zero-order valence-electron chi connectivity index (χ0n) is 10.3. The highest BCUT2D eigenvalue weighted by Gasteiger charge is 2.11. The molecule has 96 valence electrons. The van der Waals surface area contributed by atoms with Gasteiger partial charge in [-0.25, -0.2) is 0 Å². The Labute approximate surface area is 106 Å². The summed E-state index contributed by atoms with van der Waals surface area (Å²) in [5.41, 5.74) is 1.37. The molecule has 0 saturated heterocycles. The molecule has 2 rings (SSSR count). The molecule has 1 unspecified atom stereocenters. The Kier molecular flexibility index (Phi) is 4.84. The summed E-state index contributed by atoms with van der Waals surface area (Å²) in [4.78, 5) is 0. The van der Waals surface area contributed by atoms with Gasteiger partial charge in [0.05, 0.1) is 0 Å². The number of aromatic amines is 1. The third-order valence-electron chi connectivity index (χ3n) is 2.95. The summed E-state index contributed by atoms with van der Waals surface area (Å²) in [5, 5.41) is 23.0. The molecule has 0 amide bonds. The van der Waals surface area contributed by atoms with E-state index in [1.807, 2.05) is 6.07 Å². The number of nitrogens with zero attached hydrogens (tertiary/aromatic N) is 3. The smallest absolute Gasteiger partial charge is 0.202 e. The van der Waals surface area contributed by atoms with Gasteiger partial charge in [0.2, 0.25) is 5.82 Å². The summed E-state index contributed by atoms with van der Waals surface area (Å²) in [6.07, 6.45) is 4.41. The molecule has 1 aromatic carbocycles. The van der Waals surface area contributed by atoms with Crippen molar-refractivity contribution >= 4 is 0 Å². The third kappa shape index (κ3) is 3.92. The highest BCUT2D eigenvalue weighted by Crippen LogP contribution is 2.15. The maximum atomic E-state index is 9.74. The van der Waals surface area contributed by atoms with Crippen LogP contribution in [0.15, 0.2) is 30.3 Å². The van der Waals surface area contributed by atoms with Gasteiger partial charge in [0.25, 0.3) is 0 Å². The topological polar surface area (TPSA) is 74.7 Å². The van der Waals surface area contributed by atoms with Gasteiger partial charge in [-0.05, 0) is 24.8 Å². The van der Waals surface area contributed by atoms with Crippen LogP contribution in [0.5, 0.6) is 0 Å². The molecule has 5 heteroatoms. The molecule has 0 saturated carbocycles. The normalized spacial score (nSPS) is 12.5. The molecule has 0 radical (unpaired) electrons. The first-order valence-electron chi connectivity index (χ1n) is 6.31. The van der Waals surface area contributed by atoms with Crippen molar-refractivity contribution in [2.24, 2.45) is 0 Å². The van der Waals surface area contributed by atoms with Crippen LogP contribution in [0.25, 0.3) is 0 Å². The van der Waals surface area contributed by atoms with Crippen molar-refractivity contribution in [2.75, 3.05) is 0 Å². The number of hydrogen-bond acceptors (Lipinski definition) is 4. The Morgan fingerprint density at radius 1 is 1.11 bits per heavy atom. The van der Waals surface area contributed by atoms with Crippen molar-refractivity contribution in [3.63, 3.8) is 0 Å². The van der Waals surface area contributed by atoms with E-state index in [0.717, 1.165) is 25.7 Å². The minimum absolute atomic E-state index is 0.387. The number of H-pyrrole nitrogens is 1. The number of hydrogen-bond donors (Lipinski definition) is 2. The first kappa shape index (κ1) is 12.7. The number of aliphatic hydroxyl groups excluding tert-OH is 1. The molecule has 1 atom stereocenters. The Balaban J connectivity index is 1.59. The van der Waals surface area contributed by atoms with Gasteiger partial charge < -0.3 is 5.11 Å². The van der Waals surface area contributed by atoms with Crippen LogP contribution < -0.4 is 0 Å². The molecule has 0 fully saturated rings. The minimum Gasteiger partial charge on any atom is -0.385 e. The molecule has 1 aromatic heterocycles. The summed E-state index contributed by atoms with van der Waals surface area (Å²) in [6.45, 7) is 0. The van der Waals surface area contributed by atoms with E-state index in [1.54, 1.807) is 0 Å². The van der Waals surface area contributed by atoms with Gasteiger partial charge >= 0.3 is 0 Å². The monoisotopic (exact) mass is 246 g/mol. The number of aromatic nitrogens is 4. The van der Waals surface area contributed by atoms with Crippen molar-refractivity contribution in [2.45, 2.75) is 38.2 Å². The van der Waals surface area contributed by atoms with Crippen LogP contribution in [0.1, 0.15) is 43.2 Å². The maximum Gasteiger partial charge on any atom is 0.202 e. The molecule has 0 aliphatic carbocycles. The maximum absolute atomic E-state index is 9.74. The molecule has 18 heavy (non-hydrogen) atoms. The van der Waals surface area contributed by atoms with E-state index in [2.05, 4.69) is 44.9 Å². The van der Waals surface area contributed by atoms with Gasteiger partial charge in [0.1, 0.15) is 6.10 Å². The number of aryl methyl sites for hydroxylation is 1. The largest absolute Gasteiger partial charge is 0.385 e. The van der Waals surface area contributed by atoms with Gasteiger partial charge in [0.15, 0.2) is 0 Å². The van der Waals surface area contributed by atoms with Crippen molar-refractivity contribution < 1.29 is 5.11 Å². The van der Waals surface area contributed by atoms with Crippen molar-refractivity contribution in [1.82, 2.24) is 20.6 Å². The summed E-state index contributed by atoms with van der Waals surface area (Å²) < 4.78 is 0. The van der Waals surface area contributed by atoms with Crippen LogP contribution in [0.4, 0.5) is 0 Å². The number of rotatable bonds is 7. The van der Waals surface area contributed by atoms with E-state index in [1.165, 1.54) is 5.56 Å². The second kappa shape index (κ2) is 6.86. The average molecular weight is 246 g/mol. The molecular weight excluding hydrogens is 228 g/mol. The Morgan fingerprint density at radius 2 is 1.94 bits per heavy atom. The zero-order valence-corrected chi connectivity index (χ0v) is 10.3. The molecule has 1 heterocycles.